The Labute approximate surface area is 186 Å². The first-order chi connectivity index (χ1) is 14.9. The normalized spacial score (nSPS) is 15.4. The topological polar surface area (TPSA) is 40.5 Å². The van der Waals surface area contributed by atoms with Gasteiger partial charge in [0.05, 0.1) is 0 Å². The predicted molar refractivity (Wildman–Crippen MR) is 131 cm³/mol. The van der Waals surface area contributed by atoms with Gasteiger partial charge < -0.3 is 10.2 Å². The van der Waals surface area contributed by atoms with Gasteiger partial charge in [0.25, 0.3) is 0 Å². The Bertz CT molecular complexity index is 972. The van der Waals surface area contributed by atoms with E-state index in [9.17, 15) is 10.2 Å². The van der Waals surface area contributed by atoms with Gasteiger partial charge in [-0.15, -0.1) is 0 Å². The number of allylic oxidation sites excluding steroid dienone is 6. The molecular formula is C29H32O2. The summed E-state index contributed by atoms with van der Waals surface area (Å²) in [6, 6.07) is 14.7. The van der Waals surface area contributed by atoms with Crippen LogP contribution in [0.5, 0.6) is 11.5 Å². The van der Waals surface area contributed by atoms with Crippen LogP contribution in [-0.2, 0) is 0 Å². The van der Waals surface area contributed by atoms with Gasteiger partial charge in [0, 0.05) is 0 Å². The molecule has 0 atom stereocenters. The quantitative estimate of drug-likeness (QED) is 0.454. The van der Waals surface area contributed by atoms with Gasteiger partial charge in [0.2, 0.25) is 0 Å². The van der Waals surface area contributed by atoms with E-state index in [1.807, 2.05) is 24.3 Å². The molecular weight excluding hydrogens is 380 g/mol. The molecule has 0 amide bonds. The van der Waals surface area contributed by atoms with E-state index in [-0.39, 0.29) is 11.5 Å². The largest absolute Gasteiger partial charge is 0.508 e. The molecule has 2 N–H and O–H groups in total. The summed E-state index contributed by atoms with van der Waals surface area (Å²) in [5.41, 5.74) is 9.60. The first-order valence-corrected chi connectivity index (χ1v) is 11.0. The molecule has 2 fully saturated rings. The number of aromatic hydroxyl groups is 2. The van der Waals surface area contributed by atoms with Crippen LogP contribution >= 0.6 is 0 Å². The second-order valence-corrected chi connectivity index (χ2v) is 8.28. The minimum Gasteiger partial charge on any atom is -0.508 e. The Morgan fingerprint density at radius 1 is 0.774 bits per heavy atom. The molecule has 0 unspecified atom stereocenters. The van der Waals surface area contributed by atoms with Crippen molar-refractivity contribution in [3.05, 3.63) is 113 Å². The highest BCUT2D eigenvalue weighted by atomic mass is 16.3. The molecule has 2 aromatic rings. The second-order valence-electron chi connectivity index (χ2n) is 8.28. The van der Waals surface area contributed by atoms with Crippen LogP contribution in [0.2, 0.25) is 0 Å². The summed E-state index contributed by atoms with van der Waals surface area (Å²) in [5.74, 6) is 0.528. The smallest absolute Gasteiger partial charge is 0.115 e. The summed E-state index contributed by atoms with van der Waals surface area (Å²) in [6.45, 7) is 13.6. The molecule has 0 aromatic heterocycles. The Kier molecular flexibility index (Phi) is 7.36. The molecule has 2 aliphatic rings. The number of hydrogen-bond acceptors (Lipinski definition) is 2. The van der Waals surface area contributed by atoms with Crippen molar-refractivity contribution in [3.63, 3.8) is 0 Å². The number of benzene rings is 2. The number of hydrogen-bond donors (Lipinski definition) is 2. The van der Waals surface area contributed by atoms with Gasteiger partial charge >= 0.3 is 0 Å². The van der Waals surface area contributed by atoms with Crippen molar-refractivity contribution < 1.29 is 10.2 Å². The molecule has 0 radical (unpaired) electrons. The molecule has 2 nitrogen and oxygen atoms in total. The van der Waals surface area contributed by atoms with Gasteiger partial charge in [-0.3, -0.25) is 0 Å². The molecule has 31 heavy (non-hydrogen) atoms. The van der Waals surface area contributed by atoms with Gasteiger partial charge in [-0.2, -0.15) is 0 Å². The van der Waals surface area contributed by atoms with Crippen molar-refractivity contribution >= 4 is 5.57 Å². The highest BCUT2D eigenvalue weighted by Gasteiger charge is 2.20. The summed E-state index contributed by atoms with van der Waals surface area (Å²) in [5, 5.41) is 19.3. The van der Waals surface area contributed by atoms with E-state index in [0.717, 1.165) is 42.4 Å². The van der Waals surface area contributed by atoms with Crippen molar-refractivity contribution in [2.75, 3.05) is 0 Å². The summed E-state index contributed by atoms with van der Waals surface area (Å²) in [6.07, 6.45) is 8.89. The molecule has 0 aliphatic heterocycles. The van der Waals surface area contributed by atoms with Crippen molar-refractivity contribution in [2.45, 2.75) is 45.4 Å². The van der Waals surface area contributed by atoms with Crippen LogP contribution in [0, 0.1) is 0 Å². The maximum atomic E-state index is 9.67. The van der Waals surface area contributed by atoms with Crippen LogP contribution in [0.1, 0.15) is 56.6 Å². The Morgan fingerprint density at radius 2 is 1.23 bits per heavy atom. The second kappa shape index (κ2) is 10.2. The fraction of sp³-hybridized carbons (Fsp3) is 0.241. The third-order valence-corrected chi connectivity index (χ3v) is 5.57. The van der Waals surface area contributed by atoms with Crippen molar-refractivity contribution in [1.29, 1.82) is 0 Å². The summed E-state index contributed by atoms with van der Waals surface area (Å²) >= 11 is 0. The Hall–Kier alpha value is -3.26. The summed E-state index contributed by atoms with van der Waals surface area (Å²) in [4.78, 5) is 0. The molecule has 4 rings (SSSR count). The maximum Gasteiger partial charge on any atom is 0.115 e. The molecule has 2 aliphatic carbocycles. The van der Waals surface area contributed by atoms with Crippen molar-refractivity contribution in [1.82, 2.24) is 0 Å². The number of phenolic OH excluding ortho intramolecular Hbond substituents is 2. The van der Waals surface area contributed by atoms with Crippen LogP contribution in [0.3, 0.4) is 0 Å². The lowest BCUT2D eigenvalue weighted by atomic mass is 9.90. The number of unbranched alkanes of at least 4 members (excludes halogenated alkanes) is 2. The first-order valence-electron chi connectivity index (χ1n) is 11.0. The minimum atomic E-state index is 0.264. The van der Waals surface area contributed by atoms with E-state index in [1.165, 1.54) is 40.7 Å². The fourth-order valence-corrected chi connectivity index (χ4v) is 3.39. The predicted octanol–water partition coefficient (Wildman–Crippen LogP) is 7.87. The van der Waals surface area contributed by atoms with Crippen molar-refractivity contribution in [2.24, 2.45) is 0 Å². The lowest BCUT2D eigenvalue weighted by Gasteiger charge is -2.15. The Morgan fingerprint density at radius 3 is 1.58 bits per heavy atom. The lowest BCUT2D eigenvalue weighted by molar-refractivity contribution is 0.475. The van der Waals surface area contributed by atoms with E-state index in [4.69, 9.17) is 0 Å². The van der Waals surface area contributed by atoms with Crippen LogP contribution in [0.4, 0.5) is 0 Å². The van der Waals surface area contributed by atoms with Crippen LogP contribution in [0.25, 0.3) is 5.57 Å². The van der Waals surface area contributed by atoms with E-state index >= 15 is 0 Å². The van der Waals surface area contributed by atoms with Gasteiger partial charge in [0.1, 0.15) is 11.5 Å². The molecule has 2 saturated carbocycles. The van der Waals surface area contributed by atoms with Crippen LogP contribution in [0.15, 0.2) is 102 Å². The van der Waals surface area contributed by atoms with E-state index < -0.39 is 0 Å². The SMILES string of the molecule is C=C1C/C1=C\C(CCCCC)=C(c1ccc(O)cc1)c1ccc(O)cc1.C=C1CC1=C. The zero-order valence-electron chi connectivity index (χ0n) is 18.5. The average Bonchev–Trinajstić information content (AvgIpc) is 3.64. The van der Waals surface area contributed by atoms with Gasteiger partial charge in [-0.25, -0.2) is 0 Å². The highest BCUT2D eigenvalue weighted by molar-refractivity contribution is 5.84. The minimum absolute atomic E-state index is 0.264. The van der Waals surface area contributed by atoms with Gasteiger partial charge in [0.15, 0.2) is 0 Å². The summed E-state index contributed by atoms with van der Waals surface area (Å²) in [7, 11) is 0. The standard InChI is InChI=1S/C24H26O2.C5H6/c1-3-4-5-6-20(16-21-15-17(21)2)24(18-7-11-22(25)12-8-18)19-9-13-23(26)14-10-19;1-4-3-5(4)2/h7-14,16,25-26H,2-6,15H2,1H3;1-3H2/b21-16+;. The zero-order valence-corrected chi connectivity index (χ0v) is 18.5. The van der Waals surface area contributed by atoms with Gasteiger partial charge in [-0.1, -0.05) is 69.8 Å². The molecule has 2 heteroatoms. The van der Waals surface area contributed by atoms with E-state index in [1.54, 1.807) is 24.3 Å². The van der Waals surface area contributed by atoms with E-state index in [2.05, 4.69) is 32.7 Å². The molecule has 0 spiro atoms. The third-order valence-electron chi connectivity index (χ3n) is 5.57. The molecule has 0 heterocycles. The van der Waals surface area contributed by atoms with Gasteiger partial charge in [-0.05, 0) is 94.5 Å². The van der Waals surface area contributed by atoms with Crippen molar-refractivity contribution in [3.8, 4) is 11.5 Å². The fourth-order valence-electron chi connectivity index (χ4n) is 3.39. The van der Waals surface area contributed by atoms with E-state index in [0.29, 0.717) is 0 Å². The summed E-state index contributed by atoms with van der Waals surface area (Å²) < 4.78 is 0. The number of phenols is 2. The molecule has 0 bridgehead atoms. The first kappa shape index (κ1) is 22.4. The van der Waals surface area contributed by atoms with Crippen LogP contribution in [-0.4, -0.2) is 10.2 Å². The Balaban J connectivity index is 0.000000478. The zero-order chi connectivity index (χ0) is 22.4. The third kappa shape index (κ3) is 6.62. The molecule has 2 aromatic carbocycles. The highest BCUT2D eigenvalue weighted by Crippen LogP contribution is 2.39. The maximum absolute atomic E-state index is 9.67. The van der Waals surface area contributed by atoms with Crippen LogP contribution < -0.4 is 0 Å². The molecule has 0 saturated heterocycles. The average molecular weight is 413 g/mol. The molecule has 160 valence electrons. The lowest BCUT2D eigenvalue weighted by Crippen LogP contribution is -1.94. The number of rotatable bonds is 7. The monoisotopic (exact) mass is 412 g/mol.